The van der Waals surface area contributed by atoms with E-state index in [-0.39, 0.29) is 24.0 Å². The van der Waals surface area contributed by atoms with E-state index in [2.05, 4.69) is 35.5 Å². The molecule has 0 amide bonds. The maximum atomic E-state index is 10.8. The molecule has 2 rings (SSSR count). The molecule has 0 aliphatic rings. The quantitative estimate of drug-likeness (QED) is 0.283. The summed E-state index contributed by atoms with van der Waals surface area (Å²) in [7, 11) is 0. The van der Waals surface area contributed by atoms with Crippen molar-refractivity contribution in [1.29, 1.82) is 0 Å². The second kappa shape index (κ2) is 12.1. The fraction of sp³-hybridized carbons (Fsp3) is 0.524. The summed E-state index contributed by atoms with van der Waals surface area (Å²) in [6.45, 7) is 8.12. The standard InChI is InChI=1S/C21H32N4O.HI/c1-4-12-21(26,13-5-2)16-25-20(22-6-3)24-15-17-11-14-23-19-10-8-7-9-18(17)19;/h7-11,14,26H,4-6,12-13,15-16H2,1-3H3,(H2,22,24,25);1H. The average Bonchev–Trinajstić information content (AvgIpc) is 2.64. The Morgan fingerprint density at radius 2 is 1.78 bits per heavy atom. The number of hydrogen-bond donors (Lipinski definition) is 3. The number of aromatic nitrogens is 1. The summed E-state index contributed by atoms with van der Waals surface area (Å²) in [5, 5.41) is 18.5. The Labute approximate surface area is 180 Å². The lowest BCUT2D eigenvalue weighted by molar-refractivity contribution is 0.0257. The number of para-hydroxylation sites is 1. The van der Waals surface area contributed by atoms with Gasteiger partial charge in [-0.1, -0.05) is 44.9 Å². The van der Waals surface area contributed by atoms with E-state index in [0.29, 0.717) is 13.1 Å². The Morgan fingerprint density at radius 1 is 1.07 bits per heavy atom. The number of benzene rings is 1. The van der Waals surface area contributed by atoms with Gasteiger partial charge in [-0.2, -0.15) is 0 Å². The van der Waals surface area contributed by atoms with Crippen LogP contribution in [0, 0.1) is 0 Å². The topological polar surface area (TPSA) is 69.5 Å². The monoisotopic (exact) mass is 484 g/mol. The van der Waals surface area contributed by atoms with Crippen LogP contribution in [-0.4, -0.2) is 34.7 Å². The first-order valence-electron chi connectivity index (χ1n) is 9.69. The first-order chi connectivity index (χ1) is 12.6. The molecule has 150 valence electrons. The molecule has 0 fully saturated rings. The highest BCUT2D eigenvalue weighted by molar-refractivity contribution is 14.0. The van der Waals surface area contributed by atoms with Crippen LogP contribution < -0.4 is 10.6 Å². The summed E-state index contributed by atoms with van der Waals surface area (Å²) in [6.07, 6.45) is 5.35. The minimum absolute atomic E-state index is 0. The van der Waals surface area contributed by atoms with E-state index in [4.69, 9.17) is 4.99 Å². The van der Waals surface area contributed by atoms with Crippen molar-refractivity contribution in [2.24, 2.45) is 4.99 Å². The molecule has 0 aliphatic carbocycles. The van der Waals surface area contributed by atoms with Crippen molar-refractivity contribution in [3.63, 3.8) is 0 Å². The molecule has 2 aromatic rings. The molecule has 0 bridgehead atoms. The smallest absolute Gasteiger partial charge is 0.191 e. The molecule has 0 atom stereocenters. The SMILES string of the molecule is CCCC(O)(CCC)CNC(=NCc1ccnc2ccccc12)NCC.I. The third kappa shape index (κ3) is 7.25. The van der Waals surface area contributed by atoms with Gasteiger partial charge < -0.3 is 15.7 Å². The van der Waals surface area contributed by atoms with Crippen molar-refractivity contribution < 1.29 is 5.11 Å². The molecule has 3 N–H and O–H groups in total. The number of aliphatic imine (C=N–C) groups is 1. The molecule has 0 radical (unpaired) electrons. The summed E-state index contributed by atoms with van der Waals surface area (Å²) in [5.74, 6) is 0.735. The van der Waals surface area contributed by atoms with Gasteiger partial charge in [0, 0.05) is 24.7 Å². The molecule has 5 nitrogen and oxygen atoms in total. The Bertz CT molecular complexity index is 709. The molecule has 1 aromatic heterocycles. The third-order valence-electron chi connectivity index (χ3n) is 4.51. The van der Waals surface area contributed by atoms with Gasteiger partial charge in [0.05, 0.1) is 17.7 Å². The maximum Gasteiger partial charge on any atom is 0.191 e. The van der Waals surface area contributed by atoms with Crippen LogP contribution in [0.3, 0.4) is 0 Å². The fourth-order valence-electron chi connectivity index (χ4n) is 3.28. The van der Waals surface area contributed by atoms with Crippen LogP contribution in [0.2, 0.25) is 0 Å². The lowest BCUT2D eigenvalue weighted by atomic mass is 9.93. The highest BCUT2D eigenvalue weighted by Crippen LogP contribution is 2.19. The lowest BCUT2D eigenvalue weighted by Gasteiger charge is -2.28. The van der Waals surface area contributed by atoms with Gasteiger partial charge in [-0.25, -0.2) is 4.99 Å². The molecule has 1 aromatic carbocycles. The van der Waals surface area contributed by atoms with Crippen LogP contribution in [0.5, 0.6) is 0 Å². The Kier molecular flexibility index (Phi) is 10.6. The zero-order valence-electron chi connectivity index (χ0n) is 16.7. The van der Waals surface area contributed by atoms with Crippen molar-refractivity contribution in [3.05, 3.63) is 42.1 Å². The van der Waals surface area contributed by atoms with E-state index in [1.807, 2.05) is 37.4 Å². The van der Waals surface area contributed by atoms with E-state index >= 15 is 0 Å². The summed E-state index contributed by atoms with van der Waals surface area (Å²) in [6, 6.07) is 10.1. The number of rotatable bonds is 9. The molecule has 0 saturated heterocycles. The largest absolute Gasteiger partial charge is 0.388 e. The van der Waals surface area contributed by atoms with Crippen LogP contribution in [0.25, 0.3) is 10.9 Å². The van der Waals surface area contributed by atoms with Gasteiger partial charge in [0.1, 0.15) is 0 Å². The van der Waals surface area contributed by atoms with Crippen LogP contribution in [-0.2, 0) is 6.54 Å². The first-order valence-corrected chi connectivity index (χ1v) is 9.69. The van der Waals surface area contributed by atoms with Crippen LogP contribution in [0.15, 0.2) is 41.5 Å². The molecule has 0 unspecified atom stereocenters. The number of fused-ring (bicyclic) bond motifs is 1. The van der Waals surface area contributed by atoms with Crippen molar-refractivity contribution >= 4 is 40.8 Å². The summed E-state index contributed by atoms with van der Waals surface area (Å²) in [5.41, 5.74) is 1.45. The van der Waals surface area contributed by atoms with Crippen molar-refractivity contribution in [3.8, 4) is 0 Å². The molecular weight excluding hydrogens is 451 g/mol. The van der Waals surface area contributed by atoms with Gasteiger partial charge in [0.15, 0.2) is 5.96 Å². The van der Waals surface area contributed by atoms with Crippen molar-refractivity contribution in [2.45, 2.75) is 58.6 Å². The minimum Gasteiger partial charge on any atom is -0.388 e. The molecule has 0 aliphatic heterocycles. The van der Waals surface area contributed by atoms with Crippen LogP contribution in [0.4, 0.5) is 0 Å². The van der Waals surface area contributed by atoms with Gasteiger partial charge in [0.25, 0.3) is 0 Å². The van der Waals surface area contributed by atoms with E-state index < -0.39 is 5.60 Å². The summed E-state index contributed by atoms with van der Waals surface area (Å²) in [4.78, 5) is 9.11. The molecular formula is C21H33IN4O. The normalized spacial score (nSPS) is 11.9. The van der Waals surface area contributed by atoms with E-state index in [9.17, 15) is 5.11 Å². The van der Waals surface area contributed by atoms with Gasteiger partial charge in [-0.3, -0.25) is 4.98 Å². The molecule has 0 saturated carbocycles. The number of nitrogens with one attached hydrogen (secondary N) is 2. The van der Waals surface area contributed by atoms with Gasteiger partial charge in [0.2, 0.25) is 0 Å². The summed E-state index contributed by atoms with van der Waals surface area (Å²) < 4.78 is 0. The number of pyridine rings is 1. The van der Waals surface area contributed by atoms with Crippen LogP contribution in [0.1, 0.15) is 52.0 Å². The average molecular weight is 484 g/mol. The Morgan fingerprint density at radius 3 is 2.44 bits per heavy atom. The highest BCUT2D eigenvalue weighted by atomic mass is 127. The predicted molar refractivity (Wildman–Crippen MR) is 125 cm³/mol. The van der Waals surface area contributed by atoms with E-state index in [1.54, 1.807) is 0 Å². The van der Waals surface area contributed by atoms with Gasteiger partial charge >= 0.3 is 0 Å². The van der Waals surface area contributed by atoms with Gasteiger partial charge in [-0.15, -0.1) is 24.0 Å². The summed E-state index contributed by atoms with van der Waals surface area (Å²) >= 11 is 0. The second-order valence-electron chi connectivity index (χ2n) is 6.76. The second-order valence-corrected chi connectivity index (χ2v) is 6.76. The zero-order valence-corrected chi connectivity index (χ0v) is 19.0. The van der Waals surface area contributed by atoms with Crippen LogP contribution >= 0.6 is 24.0 Å². The third-order valence-corrected chi connectivity index (χ3v) is 4.51. The highest BCUT2D eigenvalue weighted by Gasteiger charge is 2.24. The number of aliphatic hydroxyl groups is 1. The molecule has 0 spiro atoms. The lowest BCUT2D eigenvalue weighted by Crippen LogP contribution is -2.47. The number of halogens is 1. The zero-order chi connectivity index (χ0) is 18.8. The van der Waals surface area contributed by atoms with Crippen molar-refractivity contribution in [1.82, 2.24) is 15.6 Å². The van der Waals surface area contributed by atoms with E-state index in [1.165, 1.54) is 0 Å². The molecule has 6 heteroatoms. The first kappa shape index (κ1) is 23.6. The molecule has 1 heterocycles. The predicted octanol–water partition coefficient (Wildman–Crippen LogP) is 4.24. The molecule has 27 heavy (non-hydrogen) atoms. The fourth-order valence-corrected chi connectivity index (χ4v) is 3.28. The number of nitrogens with zero attached hydrogens (tertiary/aromatic N) is 2. The Hall–Kier alpha value is -1.41. The maximum absolute atomic E-state index is 10.8. The van der Waals surface area contributed by atoms with E-state index in [0.717, 1.165) is 54.7 Å². The number of hydrogen-bond acceptors (Lipinski definition) is 3. The van der Waals surface area contributed by atoms with Crippen molar-refractivity contribution in [2.75, 3.05) is 13.1 Å². The Balaban J connectivity index is 0.00000364. The number of guanidine groups is 1. The van der Waals surface area contributed by atoms with Gasteiger partial charge in [-0.05, 0) is 37.5 Å². The minimum atomic E-state index is -0.678.